The van der Waals surface area contributed by atoms with Gasteiger partial charge in [0.2, 0.25) is 5.91 Å². The molecule has 0 unspecified atom stereocenters. The molecule has 2 N–H and O–H groups in total. The van der Waals surface area contributed by atoms with Gasteiger partial charge in [-0.1, -0.05) is 30.0 Å². The number of nitrogens with zero attached hydrogens (tertiary/aromatic N) is 3. The minimum Gasteiger partial charge on any atom is -0.342 e. The summed E-state index contributed by atoms with van der Waals surface area (Å²) in [7, 11) is 0. The maximum absolute atomic E-state index is 13.9. The second-order valence-corrected chi connectivity index (χ2v) is 8.52. The molecule has 11 heteroatoms. The summed E-state index contributed by atoms with van der Waals surface area (Å²) < 4.78 is 29.0. The lowest BCUT2D eigenvalue weighted by Gasteiger charge is -2.15. The van der Waals surface area contributed by atoms with Crippen molar-refractivity contribution in [1.29, 1.82) is 0 Å². The molecule has 3 aromatic rings. The Kier molecular flexibility index (Phi) is 7.97. The maximum atomic E-state index is 13.9. The Bertz CT molecular complexity index is 1100. The van der Waals surface area contributed by atoms with E-state index in [-0.39, 0.29) is 21.8 Å². The lowest BCUT2D eigenvalue weighted by molar-refractivity contribution is -0.113. The molecule has 32 heavy (non-hydrogen) atoms. The molecule has 0 bridgehead atoms. The van der Waals surface area contributed by atoms with Crippen LogP contribution in [0, 0.1) is 11.6 Å². The van der Waals surface area contributed by atoms with E-state index in [0.717, 1.165) is 17.8 Å². The molecule has 3 rings (SSSR count). The van der Waals surface area contributed by atoms with Crippen molar-refractivity contribution in [2.24, 2.45) is 0 Å². The zero-order valence-corrected chi connectivity index (χ0v) is 19.6. The number of amides is 2. The second-order valence-electron chi connectivity index (χ2n) is 6.73. The number of aromatic nitrogens is 3. The van der Waals surface area contributed by atoms with E-state index < -0.39 is 23.6 Å². The van der Waals surface area contributed by atoms with Crippen LogP contribution in [0.25, 0.3) is 0 Å². The number of carbonyl (C=O) groups is 2. The van der Waals surface area contributed by atoms with Gasteiger partial charge in [0.15, 0.2) is 16.8 Å². The van der Waals surface area contributed by atoms with Gasteiger partial charge in [0.25, 0.3) is 5.91 Å². The molecule has 0 spiro atoms. The molecule has 1 heterocycles. The van der Waals surface area contributed by atoms with E-state index >= 15 is 0 Å². The largest absolute Gasteiger partial charge is 0.342 e. The third-order valence-corrected chi connectivity index (χ3v) is 6.03. The fourth-order valence-electron chi connectivity index (χ4n) is 2.93. The van der Waals surface area contributed by atoms with Gasteiger partial charge in [0.05, 0.1) is 17.5 Å². The molecule has 2 aromatic carbocycles. The van der Waals surface area contributed by atoms with Gasteiger partial charge in [0.1, 0.15) is 5.82 Å². The van der Waals surface area contributed by atoms with Crippen LogP contribution in [-0.2, 0) is 11.3 Å². The van der Waals surface area contributed by atoms with Crippen LogP contribution in [0.3, 0.4) is 0 Å². The Labute approximate surface area is 196 Å². The molecular formula is C21H20BrF2N5O2S. The van der Waals surface area contributed by atoms with Crippen LogP contribution >= 0.6 is 27.7 Å². The number of thioether (sulfide) groups is 1. The summed E-state index contributed by atoms with van der Waals surface area (Å²) >= 11 is 4.16. The Hall–Kier alpha value is -2.79. The van der Waals surface area contributed by atoms with E-state index in [9.17, 15) is 18.4 Å². The monoisotopic (exact) mass is 523 g/mol. The number of carbonyl (C=O) groups excluding carboxylic acids is 2. The Morgan fingerprint density at radius 3 is 2.56 bits per heavy atom. The SMILES string of the molecule is CCn1c(SCC(=O)Nc2c(F)cc(F)cc2Br)nnc1[C@@H](C)NC(=O)c1ccccc1. The third-order valence-electron chi connectivity index (χ3n) is 4.44. The lowest BCUT2D eigenvalue weighted by atomic mass is 10.2. The Morgan fingerprint density at radius 2 is 1.91 bits per heavy atom. The first kappa shape index (κ1) is 23.9. The molecule has 0 aliphatic carbocycles. The van der Waals surface area contributed by atoms with E-state index in [2.05, 4.69) is 36.8 Å². The summed E-state index contributed by atoms with van der Waals surface area (Å²) in [6.45, 7) is 4.22. The van der Waals surface area contributed by atoms with Gasteiger partial charge in [-0.15, -0.1) is 10.2 Å². The number of halogens is 3. The highest BCUT2D eigenvalue weighted by atomic mass is 79.9. The molecule has 0 radical (unpaired) electrons. The van der Waals surface area contributed by atoms with Crippen LogP contribution in [0.5, 0.6) is 0 Å². The molecular weight excluding hydrogens is 504 g/mol. The van der Waals surface area contributed by atoms with Crippen molar-refractivity contribution in [2.75, 3.05) is 11.1 Å². The van der Waals surface area contributed by atoms with Crippen molar-refractivity contribution in [3.63, 3.8) is 0 Å². The number of hydrogen-bond acceptors (Lipinski definition) is 5. The van der Waals surface area contributed by atoms with Crippen molar-refractivity contribution in [2.45, 2.75) is 31.6 Å². The van der Waals surface area contributed by atoms with Crippen LogP contribution in [0.15, 0.2) is 52.1 Å². The molecule has 0 aliphatic rings. The third kappa shape index (κ3) is 5.71. The van der Waals surface area contributed by atoms with Crippen LogP contribution in [-0.4, -0.2) is 32.3 Å². The number of rotatable bonds is 8. The highest BCUT2D eigenvalue weighted by molar-refractivity contribution is 9.10. The van der Waals surface area contributed by atoms with Gasteiger partial charge in [0, 0.05) is 22.6 Å². The van der Waals surface area contributed by atoms with Crippen LogP contribution in [0.4, 0.5) is 14.5 Å². The molecule has 7 nitrogen and oxygen atoms in total. The quantitative estimate of drug-likeness (QED) is 0.422. The number of benzene rings is 2. The van der Waals surface area contributed by atoms with E-state index in [1.165, 1.54) is 0 Å². The van der Waals surface area contributed by atoms with Gasteiger partial charge >= 0.3 is 0 Å². The molecule has 1 aromatic heterocycles. The predicted molar refractivity (Wildman–Crippen MR) is 121 cm³/mol. The van der Waals surface area contributed by atoms with Crippen LogP contribution < -0.4 is 10.6 Å². The standard InChI is InChI=1S/C21H20BrF2N5O2S/c1-3-29-19(12(2)25-20(31)13-7-5-4-6-8-13)27-28-21(29)32-11-17(30)26-18-15(22)9-14(23)10-16(18)24/h4-10,12H,3,11H2,1-2H3,(H,25,31)(H,26,30)/t12-/m1/s1. The van der Waals surface area contributed by atoms with Crippen molar-refractivity contribution in [1.82, 2.24) is 20.1 Å². The predicted octanol–water partition coefficient (Wildman–Crippen LogP) is 4.56. The van der Waals surface area contributed by atoms with Gasteiger partial charge in [-0.2, -0.15) is 0 Å². The van der Waals surface area contributed by atoms with E-state index in [4.69, 9.17) is 0 Å². The van der Waals surface area contributed by atoms with Gasteiger partial charge in [-0.05, 0) is 48.0 Å². The van der Waals surface area contributed by atoms with Gasteiger partial charge < -0.3 is 15.2 Å². The molecule has 0 saturated carbocycles. The normalized spacial score (nSPS) is 11.8. The minimum atomic E-state index is -0.878. The average Bonchev–Trinajstić information content (AvgIpc) is 3.18. The van der Waals surface area contributed by atoms with Gasteiger partial charge in [-0.3, -0.25) is 9.59 Å². The maximum Gasteiger partial charge on any atom is 0.251 e. The zero-order chi connectivity index (χ0) is 23.3. The summed E-state index contributed by atoms with van der Waals surface area (Å²) in [6.07, 6.45) is 0. The number of hydrogen-bond donors (Lipinski definition) is 2. The van der Waals surface area contributed by atoms with E-state index in [0.29, 0.717) is 29.2 Å². The fourth-order valence-corrected chi connectivity index (χ4v) is 4.24. The summed E-state index contributed by atoms with van der Waals surface area (Å²) in [5.41, 5.74) is 0.402. The number of anilines is 1. The lowest BCUT2D eigenvalue weighted by Crippen LogP contribution is -2.28. The smallest absolute Gasteiger partial charge is 0.251 e. The van der Waals surface area contributed by atoms with E-state index in [1.807, 2.05) is 13.0 Å². The first-order chi connectivity index (χ1) is 15.3. The summed E-state index contributed by atoms with van der Waals surface area (Å²) in [4.78, 5) is 24.7. The Balaban J connectivity index is 1.64. The zero-order valence-electron chi connectivity index (χ0n) is 17.2. The average molecular weight is 524 g/mol. The van der Waals surface area contributed by atoms with Crippen molar-refractivity contribution >= 4 is 45.2 Å². The van der Waals surface area contributed by atoms with Crippen molar-refractivity contribution in [3.05, 3.63) is 70.0 Å². The number of nitrogens with one attached hydrogen (secondary N) is 2. The first-order valence-corrected chi connectivity index (χ1v) is 11.4. The van der Waals surface area contributed by atoms with Crippen LogP contribution in [0.1, 0.15) is 36.1 Å². The molecule has 2 amide bonds. The molecule has 168 valence electrons. The van der Waals surface area contributed by atoms with Gasteiger partial charge in [-0.25, -0.2) is 8.78 Å². The fraction of sp³-hybridized carbons (Fsp3) is 0.238. The summed E-state index contributed by atoms with van der Waals surface area (Å²) in [5, 5.41) is 14.1. The highest BCUT2D eigenvalue weighted by Gasteiger charge is 2.20. The molecule has 0 aliphatic heterocycles. The second kappa shape index (κ2) is 10.7. The topological polar surface area (TPSA) is 88.9 Å². The molecule has 0 saturated heterocycles. The summed E-state index contributed by atoms with van der Waals surface area (Å²) in [5.74, 6) is -1.86. The Morgan fingerprint density at radius 1 is 1.19 bits per heavy atom. The molecule has 0 fully saturated rings. The highest BCUT2D eigenvalue weighted by Crippen LogP contribution is 2.27. The van der Waals surface area contributed by atoms with E-state index in [1.54, 1.807) is 35.8 Å². The minimum absolute atomic E-state index is 0.0633. The first-order valence-electron chi connectivity index (χ1n) is 9.66. The van der Waals surface area contributed by atoms with Crippen molar-refractivity contribution < 1.29 is 18.4 Å². The summed E-state index contributed by atoms with van der Waals surface area (Å²) in [6, 6.07) is 10.2. The van der Waals surface area contributed by atoms with Crippen molar-refractivity contribution in [3.8, 4) is 0 Å². The van der Waals surface area contributed by atoms with Crippen LogP contribution in [0.2, 0.25) is 0 Å². The molecule has 1 atom stereocenters.